The minimum absolute atomic E-state index is 0.00703. The van der Waals surface area contributed by atoms with E-state index in [1.807, 2.05) is 0 Å². The van der Waals surface area contributed by atoms with E-state index in [1.54, 1.807) is 0 Å². The Bertz CT molecular complexity index is 757. The Hall–Kier alpha value is -1.58. The van der Waals surface area contributed by atoms with Crippen molar-refractivity contribution < 1.29 is 19.4 Å². The SMILES string of the molecule is CCCCC/C=C\C/C=C\CCCCCCCCCCCCCC(=O)OC(C)CCCCCCCCCCCCCCCCCCCC(=O)O. The summed E-state index contributed by atoms with van der Waals surface area (Å²) in [5, 5.41) is 8.66. The zero-order valence-corrected chi connectivity index (χ0v) is 33.7. The van der Waals surface area contributed by atoms with Crippen molar-refractivity contribution in [2.45, 2.75) is 258 Å². The molecule has 50 heavy (non-hydrogen) atoms. The third kappa shape index (κ3) is 42.6. The van der Waals surface area contributed by atoms with Gasteiger partial charge in [-0.25, -0.2) is 0 Å². The molecule has 0 aromatic carbocycles. The van der Waals surface area contributed by atoms with Crippen LogP contribution >= 0.6 is 0 Å². The zero-order valence-electron chi connectivity index (χ0n) is 33.7. The predicted octanol–water partition coefficient (Wildman–Crippen LogP) is 15.6. The monoisotopic (exact) mass is 703 g/mol. The van der Waals surface area contributed by atoms with Crippen LogP contribution in [0.15, 0.2) is 24.3 Å². The zero-order chi connectivity index (χ0) is 36.4. The highest BCUT2D eigenvalue weighted by Crippen LogP contribution is 2.17. The molecular formula is C46H86O4. The van der Waals surface area contributed by atoms with Crippen molar-refractivity contribution in [1.29, 1.82) is 0 Å². The van der Waals surface area contributed by atoms with Crippen molar-refractivity contribution in [2.75, 3.05) is 0 Å². The fourth-order valence-corrected chi connectivity index (χ4v) is 6.84. The molecule has 0 aliphatic heterocycles. The van der Waals surface area contributed by atoms with Gasteiger partial charge in [0.05, 0.1) is 6.10 Å². The molecule has 0 aliphatic rings. The number of aliphatic carboxylic acids is 1. The van der Waals surface area contributed by atoms with Crippen LogP contribution < -0.4 is 0 Å². The molecule has 0 saturated heterocycles. The number of unbranched alkanes of at least 4 members (excludes halogenated alkanes) is 30. The van der Waals surface area contributed by atoms with Crippen LogP contribution in [0.3, 0.4) is 0 Å². The van der Waals surface area contributed by atoms with Gasteiger partial charge in [0.15, 0.2) is 0 Å². The van der Waals surface area contributed by atoms with Crippen molar-refractivity contribution in [3.63, 3.8) is 0 Å². The van der Waals surface area contributed by atoms with E-state index in [-0.39, 0.29) is 12.1 Å². The molecule has 0 saturated carbocycles. The maximum absolute atomic E-state index is 12.2. The summed E-state index contributed by atoms with van der Waals surface area (Å²) in [6.45, 7) is 4.33. The van der Waals surface area contributed by atoms with Gasteiger partial charge in [0, 0.05) is 12.8 Å². The van der Waals surface area contributed by atoms with Gasteiger partial charge in [0.2, 0.25) is 0 Å². The Morgan fingerprint density at radius 2 is 0.800 bits per heavy atom. The summed E-state index contributed by atoms with van der Waals surface area (Å²) in [6, 6.07) is 0. The fourth-order valence-electron chi connectivity index (χ4n) is 6.84. The lowest BCUT2D eigenvalue weighted by atomic mass is 10.0. The van der Waals surface area contributed by atoms with Gasteiger partial charge in [0.25, 0.3) is 0 Å². The third-order valence-electron chi connectivity index (χ3n) is 10.2. The van der Waals surface area contributed by atoms with Gasteiger partial charge in [-0.05, 0) is 64.7 Å². The lowest BCUT2D eigenvalue weighted by molar-refractivity contribution is -0.148. The quantitative estimate of drug-likeness (QED) is 0.0391. The number of rotatable bonds is 41. The molecule has 1 atom stereocenters. The normalized spacial score (nSPS) is 12.4. The van der Waals surface area contributed by atoms with Gasteiger partial charge < -0.3 is 9.84 Å². The number of carbonyl (C=O) groups excluding carboxylic acids is 1. The number of hydrogen-bond donors (Lipinski definition) is 1. The van der Waals surface area contributed by atoms with Crippen molar-refractivity contribution in [2.24, 2.45) is 0 Å². The van der Waals surface area contributed by atoms with E-state index in [9.17, 15) is 9.59 Å². The average Bonchev–Trinajstić information content (AvgIpc) is 3.09. The van der Waals surface area contributed by atoms with Crippen LogP contribution in [-0.2, 0) is 14.3 Å². The molecule has 0 aliphatic carbocycles. The van der Waals surface area contributed by atoms with Gasteiger partial charge in [0.1, 0.15) is 0 Å². The van der Waals surface area contributed by atoms with Crippen LogP contribution in [-0.4, -0.2) is 23.1 Å². The van der Waals surface area contributed by atoms with E-state index in [2.05, 4.69) is 38.2 Å². The average molecular weight is 703 g/mol. The molecule has 0 amide bonds. The fraction of sp³-hybridized carbons (Fsp3) is 0.870. The Balaban J connectivity index is 3.30. The van der Waals surface area contributed by atoms with Crippen LogP contribution in [0.5, 0.6) is 0 Å². The smallest absolute Gasteiger partial charge is 0.306 e. The third-order valence-corrected chi connectivity index (χ3v) is 10.2. The summed E-state index contributed by atoms with van der Waals surface area (Å²) in [4.78, 5) is 22.7. The molecule has 4 heteroatoms. The standard InChI is InChI=1S/C46H86O4/c1-3-4-5-6-7-8-9-10-11-12-13-14-15-19-22-25-28-31-34-37-40-43-46(49)50-44(2)41-38-35-32-29-26-23-20-17-16-18-21-24-27-30-33-36-39-42-45(47)48/h7-8,10-11,44H,3-6,9,12-43H2,1-2H3,(H,47,48)/b8-7-,11-10-. The minimum Gasteiger partial charge on any atom is -0.481 e. The minimum atomic E-state index is -0.662. The summed E-state index contributed by atoms with van der Waals surface area (Å²) >= 11 is 0. The van der Waals surface area contributed by atoms with E-state index >= 15 is 0 Å². The van der Waals surface area contributed by atoms with E-state index < -0.39 is 5.97 Å². The van der Waals surface area contributed by atoms with Crippen LogP contribution in [0.4, 0.5) is 0 Å². The van der Waals surface area contributed by atoms with Crippen LogP contribution in [0.2, 0.25) is 0 Å². The number of carboxylic acids is 1. The summed E-state index contributed by atoms with van der Waals surface area (Å²) in [6.07, 6.45) is 54.9. The second-order valence-corrected chi connectivity index (χ2v) is 15.3. The molecule has 0 aromatic heterocycles. The lowest BCUT2D eigenvalue weighted by Gasteiger charge is -2.13. The first-order valence-electron chi connectivity index (χ1n) is 22.3. The first kappa shape index (κ1) is 48.4. The van der Waals surface area contributed by atoms with Gasteiger partial charge in [-0.3, -0.25) is 9.59 Å². The molecule has 1 unspecified atom stereocenters. The van der Waals surface area contributed by atoms with Gasteiger partial charge in [-0.15, -0.1) is 0 Å². The van der Waals surface area contributed by atoms with Gasteiger partial charge in [-0.2, -0.15) is 0 Å². The maximum Gasteiger partial charge on any atom is 0.306 e. The lowest BCUT2D eigenvalue weighted by Crippen LogP contribution is -2.14. The number of hydrogen-bond acceptors (Lipinski definition) is 3. The van der Waals surface area contributed by atoms with Crippen molar-refractivity contribution in [3.8, 4) is 0 Å². The van der Waals surface area contributed by atoms with E-state index in [0.29, 0.717) is 12.8 Å². The molecule has 1 N–H and O–H groups in total. The Kier molecular flexibility index (Phi) is 40.5. The highest BCUT2D eigenvalue weighted by Gasteiger charge is 2.09. The summed E-state index contributed by atoms with van der Waals surface area (Å²) in [5.74, 6) is -0.655. The molecule has 0 fully saturated rings. The van der Waals surface area contributed by atoms with Crippen LogP contribution in [0.1, 0.15) is 251 Å². The van der Waals surface area contributed by atoms with Gasteiger partial charge in [-0.1, -0.05) is 198 Å². The topological polar surface area (TPSA) is 63.6 Å². The summed E-state index contributed by atoms with van der Waals surface area (Å²) in [7, 11) is 0. The Morgan fingerprint density at radius 1 is 0.460 bits per heavy atom. The molecule has 0 bridgehead atoms. The molecule has 0 aromatic rings. The molecular weight excluding hydrogens is 617 g/mol. The predicted molar refractivity (Wildman–Crippen MR) is 218 cm³/mol. The van der Waals surface area contributed by atoms with Crippen LogP contribution in [0.25, 0.3) is 0 Å². The highest BCUT2D eigenvalue weighted by atomic mass is 16.5. The Morgan fingerprint density at radius 3 is 1.20 bits per heavy atom. The van der Waals surface area contributed by atoms with Gasteiger partial charge >= 0.3 is 11.9 Å². The van der Waals surface area contributed by atoms with E-state index in [4.69, 9.17) is 9.84 Å². The number of ether oxygens (including phenoxy) is 1. The van der Waals surface area contributed by atoms with Crippen molar-refractivity contribution in [3.05, 3.63) is 24.3 Å². The Labute approximate surface area is 312 Å². The molecule has 294 valence electrons. The molecule has 0 spiro atoms. The first-order chi connectivity index (χ1) is 24.6. The number of allylic oxidation sites excluding steroid dienone is 4. The maximum atomic E-state index is 12.2. The molecule has 0 heterocycles. The summed E-state index contributed by atoms with van der Waals surface area (Å²) < 4.78 is 5.67. The highest BCUT2D eigenvalue weighted by molar-refractivity contribution is 5.69. The van der Waals surface area contributed by atoms with Crippen LogP contribution in [0, 0.1) is 0 Å². The second-order valence-electron chi connectivity index (χ2n) is 15.3. The number of carboxylic acid groups (broad SMARTS) is 1. The number of esters is 1. The number of carbonyl (C=O) groups is 2. The molecule has 0 radical (unpaired) electrons. The summed E-state index contributed by atoms with van der Waals surface area (Å²) in [5.41, 5.74) is 0. The largest absolute Gasteiger partial charge is 0.481 e. The van der Waals surface area contributed by atoms with Crippen molar-refractivity contribution in [1.82, 2.24) is 0 Å². The second kappa shape index (κ2) is 41.8. The van der Waals surface area contributed by atoms with E-state index in [1.165, 1.54) is 186 Å². The van der Waals surface area contributed by atoms with E-state index in [0.717, 1.165) is 38.5 Å². The molecule has 0 rings (SSSR count). The molecule has 4 nitrogen and oxygen atoms in total. The van der Waals surface area contributed by atoms with Crippen molar-refractivity contribution >= 4 is 11.9 Å². The first-order valence-corrected chi connectivity index (χ1v) is 22.3.